The average Bonchev–Trinajstić information content (AvgIpc) is 3.30. The number of ether oxygens (including phenoxy) is 2. The Morgan fingerprint density at radius 1 is 1.34 bits per heavy atom. The highest BCUT2D eigenvalue weighted by Gasteiger charge is 2.27. The van der Waals surface area contributed by atoms with Crippen molar-refractivity contribution in [2.45, 2.75) is 38.2 Å². The molecule has 4 rings (SSSR count). The minimum absolute atomic E-state index is 0.182. The number of nitrogens with zero attached hydrogens (tertiary/aromatic N) is 3. The van der Waals surface area contributed by atoms with Gasteiger partial charge in [0.05, 0.1) is 26.7 Å². The highest BCUT2D eigenvalue weighted by Crippen LogP contribution is 2.40. The Kier molecular flexibility index (Phi) is 5.00. The first-order valence-corrected chi connectivity index (χ1v) is 9.69. The number of rotatable bonds is 5. The Morgan fingerprint density at radius 2 is 2.14 bits per heavy atom. The molecule has 7 nitrogen and oxygen atoms in total. The molecule has 2 unspecified atom stereocenters. The summed E-state index contributed by atoms with van der Waals surface area (Å²) in [5.74, 6) is 0.110. The topological polar surface area (TPSA) is 86.5 Å². The second-order valence-corrected chi connectivity index (χ2v) is 7.55. The van der Waals surface area contributed by atoms with Crippen LogP contribution >= 0.6 is 0 Å². The van der Waals surface area contributed by atoms with E-state index in [1.54, 1.807) is 11.8 Å². The van der Waals surface area contributed by atoms with Gasteiger partial charge in [0, 0.05) is 13.0 Å². The first-order valence-electron chi connectivity index (χ1n) is 9.69. The Hall–Kier alpha value is -2.93. The molecule has 2 aromatic carbocycles. The molecule has 0 bridgehead atoms. The molecule has 0 radical (unpaired) electrons. The number of methoxy groups -OCH3 is 2. The molecule has 1 aromatic heterocycles. The number of aromatic nitrogens is 3. The van der Waals surface area contributed by atoms with Crippen LogP contribution in [0.3, 0.4) is 0 Å². The predicted octanol–water partition coefficient (Wildman–Crippen LogP) is 2.96. The second-order valence-electron chi connectivity index (χ2n) is 7.55. The quantitative estimate of drug-likeness (QED) is 0.669. The number of hydrogen-bond donors (Lipinski definition) is 1. The van der Waals surface area contributed by atoms with Gasteiger partial charge in [-0.15, -0.1) is 5.10 Å². The van der Waals surface area contributed by atoms with Crippen LogP contribution in [0, 0.1) is 6.92 Å². The zero-order chi connectivity index (χ0) is 20.7. The number of benzene rings is 2. The van der Waals surface area contributed by atoms with Crippen molar-refractivity contribution in [3.8, 4) is 5.75 Å². The lowest BCUT2D eigenvalue weighted by Gasteiger charge is -2.21. The molecule has 152 valence electrons. The van der Waals surface area contributed by atoms with E-state index < -0.39 is 6.10 Å². The van der Waals surface area contributed by atoms with Gasteiger partial charge in [-0.05, 0) is 53.6 Å². The number of aliphatic hydroxyl groups is 1. The maximum absolute atomic E-state index is 12.3. The van der Waals surface area contributed by atoms with Crippen LogP contribution in [-0.2, 0) is 23.0 Å². The summed E-state index contributed by atoms with van der Waals surface area (Å²) in [6, 6.07) is 8.07. The van der Waals surface area contributed by atoms with Crippen molar-refractivity contribution in [1.29, 1.82) is 0 Å². The molecule has 29 heavy (non-hydrogen) atoms. The van der Waals surface area contributed by atoms with Gasteiger partial charge in [0.15, 0.2) is 0 Å². The zero-order valence-electron chi connectivity index (χ0n) is 17.1. The van der Waals surface area contributed by atoms with Crippen molar-refractivity contribution >= 4 is 17.0 Å². The van der Waals surface area contributed by atoms with Crippen LogP contribution in [0.2, 0.25) is 0 Å². The van der Waals surface area contributed by atoms with Crippen LogP contribution in [0.25, 0.3) is 11.0 Å². The van der Waals surface area contributed by atoms with Crippen molar-refractivity contribution in [2.75, 3.05) is 14.2 Å². The van der Waals surface area contributed by atoms with Crippen LogP contribution < -0.4 is 4.74 Å². The highest BCUT2D eigenvalue weighted by atomic mass is 16.5. The van der Waals surface area contributed by atoms with Crippen molar-refractivity contribution in [3.05, 3.63) is 52.1 Å². The molecule has 7 heteroatoms. The summed E-state index contributed by atoms with van der Waals surface area (Å²) in [7, 11) is 4.83. The molecule has 1 heterocycles. The maximum Gasteiger partial charge on any atom is 0.306 e. The lowest BCUT2D eigenvalue weighted by Crippen LogP contribution is -2.12. The molecule has 0 fully saturated rings. The third-order valence-electron chi connectivity index (χ3n) is 5.95. The largest absolute Gasteiger partial charge is 0.494 e. The van der Waals surface area contributed by atoms with Crippen molar-refractivity contribution in [2.24, 2.45) is 7.05 Å². The number of carbonyl (C=O) groups excluding carboxylic acids is 1. The molecule has 0 spiro atoms. The van der Waals surface area contributed by atoms with E-state index >= 15 is 0 Å². The molecule has 0 saturated heterocycles. The van der Waals surface area contributed by atoms with Crippen LogP contribution in [0.1, 0.15) is 52.7 Å². The molecule has 1 aliphatic rings. The van der Waals surface area contributed by atoms with E-state index in [1.165, 1.54) is 7.11 Å². The fraction of sp³-hybridized carbons (Fsp3) is 0.409. The first-order chi connectivity index (χ1) is 13.9. The van der Waals surface area contributed by atoms with Gasteiger partial charge < -0.3 is 14.6 Å². The van der Waals surface area contributed by atoms with E-state index in [2.05, 4.69) is 16.4 Å². The molecule has 1 N–H and O–H groups in total. The molecule has 2 atom stereocenters. The summed E-state index contributed by atoms with van der Waals surface area (Å²) in [4.78, 5) is 12.3. The van der Waals surface area contributed by atoms with Crippen LogP contribution in [0.5, 0.6) is 5.75 Å². The Bertz CT molecular complexity index is 1090. The number of hydrogen-bond acceptors (Lipinski definition) is 6. The average molecular weight is 395 g/mol. The van der Waals surface area contributed by atoms with Gasteiger partial charge in [-0.3, -0.25) is 4.79 Å². The maximum atomic E-state index is 12.3. The minimum Gasteiger partial charge on any atom is -0.494 e. The third kappa shape index (κ3) is 3.25. The molecule has 1 aliphatic carbocycles. The monoisotopic (exact) mass is 395 g/mol. The Labute approximate surface area is 169 Å². The molecule has 0 saturated carbocycles. The summed E-state index contributed by atoms with van der Waals surface area (Å²) in [6.07, 6.45) is 1.33. The van der Waals surface area contributed by atoms with Crippen LogP contribution in [-0.4, -0.2) is 40.3 Å². The van der Waals surface area contributed by atoms with Gasteiger partial charge in [0.1, 0.15) is 16.8 Å². The summed E-state index contributed by atoms with van der Waals surface area (Å²) in [5, 5.41) is 18.8. The summed E-state index contributed by atoms with van der Waals surface area (Å²) < 4.78 is 12.3. The Balaban J connectivity index is 1.90. The van der Waals surface area contributed by atoms with Crippen molar-refractivity contribution < 1.29 is 19.4 Å². The van der Waals surface area contributed by atoms with Crippen LogP contribution in [0.4, 0.5) is 0 Å². The first kappa shape index (κ1) is 19.4. The van der Waals surface area contributed by atoms with Gasteiger partial charge in [0.2, 0.25) is 0 Å². The zero-order valence-corrected chi connectivity index (χ0v) is 17.1. The van der Waals surface area contributed by atoms with Crippen molar-refractivity contribution in [1.82, 2.24) is 15.0 Å². The smallest absolute Gasteiger partial charge is 0.306 e. The molecular weight excluding hydrogens is 370 g/mol. The SMILES string of the molecule is COC(=O)CC(c1ccc2c(c1)C(O)CC2)c1cc(OC)c2c(nnn2C)c1C. The summed E-state index contributed by atoms with van der Waals surface area (Å²) >= 11 is 0. The molecule has 0 aliphatic heterocycles. The standard InChI is InChI=1S/C22H25N3O4/c1-12-15(10-19(28-3)22-21(12)23-24-25(22)2)16(11-20(27)29-4)14-6-5-13-7-8-18(26)17(13)9-14/h5-6,9-10,16,18,26H,7-8,11H2,1-4H3. The number of carbonyl (C=O) groups is 1. The molecular formula is C22H25N3O4. The number of aryl methyl sites for hydroxylation is 3. The van der Waals surface area contributed by atoms with Gasteiger partial charge in [-0.2, -0.15) is 0 Å². The van der Waals surface area contributed by atoms with E-state index in [-0.39, 0.29) is 18.3 Å². The summed E-state index contributed by atoms with van der Waals surface area (Å²) in [6.45, 7) is 1.98. The normalized spacial score (nSPS) is 16.7. The molecule has 3 aromatic rings. The van der Waals surface area contributed by atoms with Crippen LogP contribution in [0.15, 0.2) is 24.3 Å². The fourth-order valence-electron chi connectivity index (χ4n) is 4.33. The van der Waals surface area contributed by atoms with Crippen molar-refractivity contribution in [3.63, 3.8) is 0 Å². The number of fused-ring (bicyclic) bond motifs is 2. The van der Waals surface area contributed by atoms with Gasteiger partial charge in [-0.25, -0.2) is 4.68 Å². The third-order valence-corrected chi connectivity index (χ3v) is 5.95. The summed E-state index contributed by atoms with van der Waals surface area (Å²) in [5.41, 5.74) is 6.52. The van der Waals surface area contributed by atoms with Gasteiger partial charge in [0.25, 0.3) is 0 Å². The minimum atomic E-state index is -0.457. The van der Waals surface area contributed by atoms with E-state index in [0.717, 1.165) is 51.7 Å². The predicted molar refractivity (Wildman–Crippen MR) is 108 cm³/mol. The van der Waals surface area contributed by atoms with E-state index in [1.807, 2.05) is 32.2 Å². The fourth-order valence-corrected chi connectivity index (χ4v) is 4.33. The second kappa shape index (κ2) is 7.48. The lowest BCUT2D eigenvalue weighted by molar-refractivity contribution is -0.140. The number of aliphatic hydroxyl groups excluding tert-OH is 1. The molecule has 0 amide bonds. The number of esters is 1. The van der Waals surface area contributed by atoms with E-state index in [0.29, 0.717) is 5.75 Å². The van der Waals surface area contributed by atoms with E-state index in [4.69, 9.17) is 9.47 Å². The lowest BCUT2D eigenvalue weighted by atomic mass is 9.84. The Morgan fingerprint density at radius 3 is 2.86 bits per heavy atom. The van der Waals surface area contributed by atoms with E-state index in [9.17, 15) is 9.90 Å². The highest BCUT2D eigenvalue weighted by molar-refractivity contribution is 5.86. The van der Waals surface area contributed by atoms with Gasteiger partial charge >= 0.3 is 5.97 Å². The van der Waals surface area contributed by atoms with Gasteiger partial charge in [-0.1, -0.05) is 23.4 Å².